The summed E-state index contributed by atoms with van der Waals surface area (Å²) in [6.07, 6.45) is 26.1. The van der Waals surface area contributed by atoms with E-state index in [1.165, 1.54) is 103 Å². The minimum absolute atomic E-state index is 0.0982. The van der Waals surface area contributed by atoms with Crippen LogP contribution in [0, 0.1) is 11.8 Å². The first-order valence-corrected chi connectivity index (χ1v) is 19.9. The van der Waals surface area contributed by atoms with Crippen LogP contribution in [-0.2, 0) is 32.7 Å². The van der Waals surface area contributed by atoms with Gasteiger partial charge in [0.1, 0.15) is 13.2 Å². The molecule has 1 saturated carbocycles. The third-order valence-corrected chi connectivity index (χ3v) is 9.64. The van der Waals surface area contributed by atoms with Crippen LogP contribution in [0.4, 0.5) is 0 Å². The maximum absolute atomic E-state index is 12.5. The molecule has 0 radical (unpaired) electrons. The molecule has 2 atom stereocenters. The molecule has 0 aromatic carbocycles. The highest BCUT2D eigenvalue weighted by Crippen LogP contribution is 2.38. The highest BCUT2D eigenvalue weighted by molar-refractivity contribution is 7.45. The molecule has 0 saturated heterocycles. The van der Waals surface area contributed by atoms with Crippen LogP contribution in [0.3, 0.4) is 0 Å². The summed E-state index contributed by atoms with van der Waals surface area (Å²) in [5.41, 5.74) is 3.54. The molecular formula is C35H68NO8P. The number of carbonyl (C=O) groups is 2. The first kappa shape index (κ1) is 42.0. The topological polar surface area (TPSA) is 139 Å². The summed E-state index contributed by atoms with van der Waals surface area (Å²) in [5.74, 6) is 0.960. The number of hydrogen-bond acceptors (Lipinski definition) is 8. The molecule has 0 aromatic heterocycles. The summed E-state index contributed by atoms with van der Waals surface area (Å²) in [6.45, 7) is 4.00. The van der Waals surface area contributed by atoms with Crippen molar-refractivity contribution in [2.75, 3.05) is 26.4 Å². The van der Waals surface area contributed by atoms with Gasteiger partial charge in [0.15, 0.2) is 6.10 Å². The first-order valence-electron chi connectivity index (χ1n) is 18.5. The van der Waals surface area contributed by atoms with Crippen LogP contribution in [0.5, 0.6) is 0 Å². The van der Waals surface area contributed by atoms with Gasteiger partial charge in [-0.25, -0.2) is 0 Å². The maximum Gasteiger partial charge on any atom is 0.306 e. The van der Waals surface area contributed by atoms with Gasteiger partial charge in [0.25, 0.3) is 7.82 Å². The standard InChI is InChI=1S/C35H68NO8P/c1-31(2)21-16-12-8-4-3-5-10-14-18-25-34(37)41-29-33(30-43-45(39,40)42-28-27-36)44-35(38)26-19-15-11-7-6-9-13-17-22-32-23-20-24-32/h31-33H,3-30,36H2,1-2H3,(H,39,40)/t33-/m0/s1. The highest BCUT2D eigenvalue weighted by atomic mass is 31.2. The van der Waals surface area contributed by atoms with E-state index in [4.69, 9.17) is 18.5 Å². The molecule has 3 N–H and O–H groups in total. The molecule has 1 aliphatic rings. The first-order chi connectivity index (χ1) is 21.7. The summed E-state index contributed by atoms with van der Waals surface area (Å²) >= 11 is 0. The zero-order chi connectivity index (χ0) is 33.0. The minimum Gasteiger partial charge on any atom is -0.756 e. The van der Waals surface area contributed by atoms with Crippen LogP contribution in [0.25, 0.3) is 0 Å². The lowest BCUT2D eigenvalue weighted by Crippen LogP contribution is -2.52. The van der Waals surface area contributed by atoms with Crippen molar-refractivity contribution in [3.8, 4) is 0 Å². The Balaban J connectivity index is 2.21. The number of phosphoric acid groups is 1. The van der Waals surface area contributed by atoms with Gasteiger partial charge in [0.2, 0.25) is 0 Å². The second kappa shape index (κ2) is 28.1. The Labute approximate surface area is 275 Å². The average molecular weight is 662 g/mol. The Morgan fingerprint density at radius 1 is 0.733 bits per heavy atom. The lowest BCUT2D eigenvalue weighted by Gasteiger charge is -2.25. The SMILES string of the molecule is CC(C)CCCCCCCCCCCC(=O)OC[C@@H](COP(=O)([O-])OCC[NH3+])OC(=O)CCCCCCCCCCC1CCC1. The van der Waals surface area contributed by atoms with Crippen molar-refractivity contribution in [3.05, 3.63) is 0 Å². The number of unbranched alkanes of at least 4 members (excludes halogenated alkanes) is 15. The third-order valence-electron chi connectivity index (χ3n) is 8.67. The normalized spacial score (nSPS) is 15.5. The Morgan fingerprint density at radius 2 is 1.24 bits per heavy atom. The smallest absolute Gasteiger partial charge is 0.306 e. The van der Waals surface area contributed by atoms with Gasteiger partial charge in [-0.2, -0.15) is 0 Å². The number of rotatable bonds is 32. The predicted octanol–water partition coefficient (Wildman–Crippen LogP) is 7.83. The van der Waals surface area contributed by atoms with Crippen molar-refractivity contribution in [1.29, 1.82) is 0 Å². The second-order valence-corrected chi connectivity index (χ2v) is 14.9. The summed E-state index contributed by atoms with van der Waals surface area (Å²) in [6, 6.07) is 0. The molecule has 9 nitrogen and oxygen atoms in total. The van der Waals surface area contributed by atoms with Gasteiger partial charge >= 0.3 is 11.9 Å². The van der Waals surface area contributed by atoms with Gasteiger partial charge in [-0.3, -0.25) is 14.2 Å². The van der Waals surface area contributed by atoms with E-state index >= 15 is 0 Å². The van der Waals surface area contributed by atoms with Crippen molar-refractivity contribution in [1.82, 2.24) is 0 Å². The molecule has 0 aromatic rings. The number of quaternary nitrogens is 1. The second-order valence-electron chi connectivity index (χ2n) is 13.5. The van der Waals surface area contributed by atoms with Crippen molar-refractivity contribution in [3.63, 3.8) is 0 Å². The van der Waals surface area contributed by atoms with E-state index in [-0.39, 0.29) is 38.6 Å². The zero-order valence-electron chi connectivity index (χ0n) is 29.0. The summed E-state index contributed by atoms with van der Waals surface area (Å²) in [7, 11) is -4.57. The van der Waals surface area contributed by atoms with E-state index in [9.17, 15) is 19.0 Å². The lowest BCUT2D eigenvalue weighted by molar-refractivity contribution is -0.373. The number of esters is 2. The summed E-state index contributed by atoms with van der Waals surface area (Å²) < 4.78 is 32.4. The van der Waals surface area contributed by atoms with Crippen LogP contribution in [-0.4, -0.2) is 44.4 Å². The van der Waals surface area contributed by atoms with Crippen molar-refractivity contribution in [2.24, 2.45) is 11.8 Å². The molecule has 266 valence electrons. The van der Waals surface area contributed by atoms with Gasteiger partial charge in [-0.15, -0.1) is 0 Å². The molecular weight excluding hydrogens is 593 g/mol. The Kier molecular flexibility index (Phi) is 26.2. The molecule has 1 unspecified atom stereocenters. The Hall–Kier alpha value is -0.990. The fraction of sp³-hybridized carbons (Fsp3) is 0.943. The van der Waals surface area contributed by atoms with Crippen LogP contribution in [0.15, 0.2) is 0 Å². The van der Waals surface area contributed by atoms with Crippen molar-refractivity contribution >= 4 is 19.8 Å². The van der Waals surface area contributed by atoms with E-state index < -0.39 is 26.5 Å². The fourth-order valence-corrected chi connectivity index (χ4v) is 6.39. The fourth-order valence-electron chi connectivity index (χ4n) is 5.61. The van der Waals surface area contributed by atoms with E-state index in [2.05, 4.69) is 19.6 Å². The number of ether oxygens (including phenoxy) is 2. The quantitative estimate of drug-likeness (QED) is 0.0437. The molecule has 1 aliphatic carbocycles. The Morgan fingerprint density at radius 3 is 1.76 bits per heavy atom. The zero-order valence-corrected chi connectivity index (χ0v) is 29.8. The minimum atomic E-state index is -4.57. The van der Waals surface area contributed by atoms with Gasteiger partial charge in [-0.05, 0) is 24.7 Å². The maximum atomic E-state index is 12.5. The van der Waals surface area contributed by atoms with Crippen molar-refractivity contribution < 1.29 is 43.3 Å². The third kappa shape index (κ3) is 26.7. The Bertz CT molecular complexity index is 777. The molecule has 10 heteroatoms. The number of phosphoric ester groups is 1. The monoisotopic (exact) mass is 661 g/mol. The molecule has 1 fully saturated rings. The molecule has 0 amide bonds. The number of carbonyl (C=O) groups excluding carboxylic acids is 2. The predicted molar refractivity (Wildman–Crippen MR) is 177 cm³/mol. The van der Waals surface area contributed by atoms with E-state index in [0.29, 0.717) is 6.42 Å². The van der Waals surface area contributed by atoms with Gasteiger partial charge in [-0.1, -0.05) is 142 Å². The summed E-state index contributed by atoms with van der Waals surface area (Å²) in [4.78, 5) is 36.8. The molecule has 1 rings (SSSR count). The molecule has 0 bridgehead atoms. The van der Waals surface area contributed by atoms with Crippen LogP contribution >= 0.6 is 7.82 Å². The average Bonchev–Trinajstić information content (AvgIpc) is 2.97. The van der Waals surface area contributed by atoms with E-state index in [1.54, 1.807) is 0 Å². The van der Waals surface area contributed by atoms with Crippen molar-refractivity contribution in [2.45, 2.75) is 174 Å². The van der Waals surface area contributed by atoms with E-state index in [0.717, 1.165) is 43.9 Å². The van der Waals surface area contributed by atoms with Gasteiger partial charge < -0.3 is 29.1 Å². The van der Waals surface area contributed by atoms with Crippen LogP contribution < -0.4 is 10.6 Å². The van der Waals surface area contributed by atoms with E-state index in [1.807, 2.05) is 0 Å². The van der Waals surface area contributed by atoms with Gasteiger partial charge in [0, 0.05) is 12.8 Å². The molecule has 0 aliphatic heterocycles. The largest absolute Gasteiger partial charge is 0.756 e. The van der Waals surface area contributed by atoms with Gasteiger partial charge in [0.05, 0.1) is 13.2 Å². The van der Waals surface area contributed by atoms with Crippen LogP contribution in [0.1, 0.15) is 168 Å². The molecule has 0 spiro atoms. The molecule has 45 heavy (non-hydrogen) atoms. The lowest BCUT2D eigenvalue weighted by atomic mass is 9.81. The molecule has 0 heterocycles. The highest BCUT2D eigenvalue weighted by Gasteiger charge is 2.21. The van der Waals surface area contributed by atoms with Crippen LogP contribution in [0.2, 0.25) is 0 Å². The summed E-state index contributed by atoms with van der Waals surface area (Å²) in [5, 5.41) is 0. The number of hydrogen-bond donors (Lipinski definition) is 1.